The van der Waals surface area contributed by atoms with Gasteiger partial charge in [0.05, 0.1) is 29.1 Å². The number of nitrogens with two attached hydrogens (primary N) is 1. The maximum absolute atomic E-state index is 6.28. The highest BCUT2D eigenvalue weighted by atomic mass is 35.5. The summed E-state index contributed by atoms with van der Waals surface area (Å²) in [6, 6.07) is 0.153. The van der Waals surface area contributed by atoms with E-state index in [1.807, 2.05) is 11.6 Å². The normalized spacial score (nSPS) is 24.4. The first kappa shape index (κ1) is 14.8. The van der Waals surface area contributed by atoms with Crippen molar-refractivity contribution in [3.63, 3.8) is 0 Å². The zero-order chi connectivity index (χ0) is 13.8. The number of rotatable bonds is 4. The summed E-state index contributed by atoms with van der Waals surface area (Å²) in [6.45, 7) is 5.30. The first-order valence-electron chi connectivity index (χ1n) is 7.22. The van der Waals surface area contributed by atoms with Crippen molar-refractivity contribution >= 4 is 11.6 Å². The van der Waals surface area contributed by atoms with Crippen molar-refractivity contribution in [2.75, 3.05) is 0 Å². The molecule has 19 heavy (non-hydrogen) atoms. The smallest absolute Gasteiger partial charge is 0.0904 e. The number of ether oxygens (including phenoxy) is 1. The Morgan fingerprint density at radius 1 is 1.37 bits per heavy atom. The topological polar surface area (TPSA) is 53.1 Å². The highest BCUT2D eigenvalue weighted by molar-refractivity contribution is 6.31. The van der Waals surface area contributed by atoms with E-state index in [0.717, 1.165) is 35.8 Å². The van der Waals surface area contributed by atoms with Crippen molar-refractivity contribution in [1.29, 1.82) is 0 Å². The Bertz CT molecular complexity index is 419. The average Bonchev–Trinajstić information content (AvgIpc) is 2.56. The van der Waals surface area contributed by atoms with Crippen molar-refractivity contribution < 1.29 is 4.74 Å². The Balaban J connectivity index is 2.01. The molecule has 1 aliphatic rings. The van der Waals surface area contributed by atoms with Crippen LogP contribution in [0.1, 0.15) is 50.4 Å². The van der Waals surface area contributed by atoms with Gasteiger partial charge in [-0.1, -0.05) is 30.9 Å². The zero-order valence-electron chi connectivity index (χ0n) is 11.9. The Hall–Kier alpha value is -0.580. The third-order valence-corrected chi connectivity index (χ3v) is 4.38. The summed E-state index contributed by atoms with van der Waals surface area (Å²) >= 11 is 6.28. The Morgan fingerprint density at radius 3 is 2.84 bits per heavy atom. The fourth-order valence-electron chi connectivity index (χ4n) is 2.70. The molecule has 0 aromatic carbocycles. The number of aryl methyl sites for hydroxylation is 2. The van der Waals surface area contributed by atoms with Crippen LogP contribution in [0.4, 0.5) is 0 Å². The van der Waals surface area contributed by atoms with Crippen LogP contribution < -0.4 is 5.73 Å². The van der Waals surface area contributed by atoms with E-state index in [-0.39, 0.29) is 12.1 Å². The van der Waals surface area contributed by atoms with Gasteiger partial charge in [0, 0.05) is 12.6 Å². The van der Waals surface area contributed by atoms with Crippen molar-refractivity contribution in [3.05, 3.63) is 16.4 Å². The Morgan fingerprint density at radius 2 is 2.11 bits per heavy atom. The summed E-state index contributed by atoms with van der Waals surface area (Å²) in [6.07, 6.45) is 5.95. The minimum Gasteiger partial charge on any atom is -0.370 e. The van der Waals surface area contributed by atoms with E-state index in [2.05, 4.69) is 12.0 Å². The molecular formula is C14H24ClN3O. The first-order chi connectivity index (χ1) is 9.13. The van der Waals surface area contributed by atoms with Gasteiger partial charge < -0.3 is 10.5 Å². The van der Waals surface area contributed by atoms with Crippen LogP contribution >= 0.6 is 11.6 Å². The molecule has 0 saturated heterocycles. The predicted molar refractivity (Wildman–Crippen MR) is 77.3 cm³/mol. The molecule has 2 N–H and O–H groups in total. The second kappa shape index (κ2) is 6.73. The summed E-state index contributed by atoms with van der Waals surface area (Å²) in [5, 5.41) is 5.13. The van der Waals surface area contributed by atoms with Gasteiger partial charge in [0.1, 0.15) is 0 Å². The fraction of sp³-hybridized carbons (Fsp3) is 0.786. The molecule has 0 amide bonds. The van der Waals surface area contributed by atoms with E-state index in [1.165, 1.54) is 19.3 Å². The van der Waals surface area contributed by atoms with Crippen LogP contribution in [0.15, 0.2) is 0 Å². The first-order valence-corrected chi connectivity index (χ1v) is 7.60. The molecule has 1 heterocycles. The third-order valence-electron chi connectivity index (χ3n) is 3.89. The van der Waals surface area contributed by atoms with Gasteiger partial charge in [-0.3, -0.25) is 4.68 Å². The molecule has 5 heteroatoms. The summed E-state index contributed by atoms with van der Waals surface area (Å²) in [5.74, 6) is 0. The van der Waals surface area contributed by atoms with Gasteiger partial charge in [-0.25, -0.2) is 0 Å². The van der Waals surface area contributed by atoms with Crippen molar-refractivity contribution in [2.24, 2.45) is 5.73 Å². The van der Waals surface area contributed by atoms with Gasteiger partial charge in [-0.15, -0.1) is 0 Å². The largest absolute Gasteiger partial charge is 0.370 e. The molecule has 2 atom stereocenters. The van der Waals surface area contributed by atoms with Gasteiger partial charge >= 0.3 is 0 Å². The number of halogens is 1. The molecule has 0 spiro atoms. The molecule has 2 rings (SSSR count). The standard InChI is InChI=1S/C14H24ClN3O/c1-3-18-12(14(15)10(2)17-18)9-19-13-8-6-4-5-7-11(13)16/h11,13H,3-9,16H2,1-2H3. The van der Waals surface area contributed by atoms with Crippen LogP contribution in [0.2, 0.25) is 5.02 Å². The molecule has 1 aliphatic carbocycles. The highest BCUT2D eigenvalue weighted by Crippen LogP contribution is 2.24. The molecule has 2 unspecified atom stereocenters. The maximum atomic E-state index is 6.28. The van der Waals surface area contributed by atoms with E-state index < -0.39 is 0 Å². The van der Waals surface area contributed by atoms with Gasteiger partial charge in [0.2, 0.25) is 0 Å². The van der Waals surface area contributed by atoms with Crippen molar-refractivity contribution in [2.45, 2.75) is 71.2 Å². The quantitative estimate of drug-likeness (QED) is 0.865. The molecule has 1 saturated carbocycles. The summed E-state index contributed by atoms with van der Waals surface area (Å²) < 4.78 is 7.94. The lowest BCUT2D eigenvalue weighted by Crippen LogP contribution is -2.35. The second-order valence-corrected chi connectivity index (χ2v) is 5.69. The molecular weight excluding hydrogens is 262 g/mol. The second-order valence-electron chi connectivity index (χ2n) is 5.31. The predicted octanol–water partition coefficient (Wildman–Crippen LogP) is 3.04. The number of hydrogen-bond donors (Lipinski definition) is 1. The van der Waals surface area contributed by atoms with Gasteiger partial charge in [-0.2, -0.15) is 5.10 Å². The average molecular weight is 286 g/mol. The SMILES string of the molecule is CCn1nc(C)c(Cl)c1COC1CCCCCC1N. The third kappa shape index (κ3) is 3.50. The molecule has 0 bridgehead atoms. The van der Waals surface area contributed by atoms with Crippen LogP contribution in [-0.4, -0.2) is 21.9 Å². The molecule has 1 aromatic rings. The number of nitrogens with zero attached hydrogens (tertiary/aromatic N) is 2. The number of aromatic nitrogens is 2. The minimum atomic E-state index is 0.152. The van der Waals surface area contributed by atoms with E-state index in [9.17, 15) is 0 Å². The van der Waals surface area contributed by atoms with E-state index >= 15 is 0 Å². The van der Waals surface area contributed by atoms with Crippen molar-refractivity contribution in [1.82, 2.24) is 9.78 Å². The Kier molecular flexibility index (Phi) is 5.25. The van der Waals surface area contributed by atoms with E-state index in [0.29, 0.717) is 6.61 Å². The lowest BCUT2D eigenvalue weighted by molar-refractivity contribution is 0.0161. The van der Waals surface area contributed by atoms with Crippen LogP contribution in [0.5, 0.6) is 0 Å². The lowest BCUT2D eigenvalue weighted by atomic mass is 10.1. The van der Waals surface area contributed by atoms with Gasteiger partial charge in [0.25, 0.3) is 0 Å². The van der Waals surface area contributed by atoms with Crippen LogP contribution in [-0.2, 0) is 17.9 Å². The highest BCUT2D eigenvalue weighted by Gasteiger charge is 2.22. The van der Waals surface area contributed by atoms with Gasteiger partial charge in [-0.05, 0) is 26.7 Å². The molecule has 108 valence electrons. The molecule has 0 radical (unpaired) electrons. The zero-order valence-corrected chi connectivity index (χ0v) is 12.6. The van der Waals surface area contributed by atoms with Gasteiger partial charge in [0.15, 0.2) is 0 Å². The summed E-state index contributed by atoms with van der Waals surface area (Å²) in [4.78, 5) is 0. The summed E-state index contributed by atoms with van der Waals surface area (Å²) in [7, 11) is 0. The van der Waals surface area contributed by atoms with Crippen LogP contribution in [0, 0.1) is 6.92 Å². The molecule has 1 aromatic heterocycles. The monoisotopic (exact) mass is 285 g/mol. The maximum Gasteiger partial charge on any atom is 0.0904 e. The lowest BCUT2D eigenvalue weighted by Gasteiger charge is -2.22. The molecule has 1 fully saturated rings. The van der Waals surface area contributed by atoms with Crippen molar-refractivity contribution in [3.8, 4) is 0 Å². The molecule has 4 nitrogen and oxygen atoms in total. The summed E-state index contributed by atoms with van der Waals surface area (Å²) in [5.41, 5.74) is 8.01. The van der Waals surface area contributed by atoms with Crippen LogP contribution in [0.25, 0.3) is 0 Å². The Labute approximate surface area is 120 Å². The number of hydrogen-bond acceptors (Lipinski definition) is 3. The van der Waals surface area contributed by atoms with Crippen LogP contribution in [0.3, 0.4) is 0 Å². The molecule has 0 aliphatic heterocycles. The minimum absolute atomic E-state index is 0.152. The van der Waals surface area contributed by atoms with E-state index in [4.69, 9.17) is 22.1 Å². The fourth-order valence-corrected chi connectivity index (χ4v) is 2.89. The van der Waals surface area contributed by atoms with E-state index in [1.54, 1.807) is 0 Å².